The standard InChI is InChI=1S/C44H76O4/c1-3-5-7-9-11-13-15-17-19-21-22-24-26-28-30-32-34-36-38-40-47-42-43(41-45)48-44(46)39-37-35-33-31-29-27-25-23-20-18-16-14-12-10-8-6-4-2/h6,8,12-15,18-21,25,27,43,45H,3-5,7,9-11,16-17,22-24,26,28-42H2,1-2H3/b8-6-,14-12-,15-13-,20-18-,21-19-,27-25-. The van der Waals surface area contributed by atoms with Crippen LogP contribution in [-0.2, 0) is 14.3 Å². The second-order valence-electron chi connectivity index (χ2n) is 13.0. The number of aliphatic hydroxyl groups is 1. The highest BCUT2D eigenvalue weighted by Crippen LogP contribution is 2.11. The van der Waals surface area contributed by atoms with Gasteiger partial charge in [0.1, 0.15) is 6.10 Å². The van der Waals surface area contributed by atoms with Crippen molar-refractivity contribution in [2.75, 3.05) is 19.8 Å². The summed E-state index contributed by atoms with van der Waals surface area (Å²) in [4.78, 5) is 12.2. The van der Waals surface area contributed by atoms with E-state index in [2.05, 4.69) is 86.8 Å². The minimum atomic E-state index is -0.553. The highest BCUT2D eigenvalue weighted by Gasteiger charge is 2.13. The summed E-state index contributed by atoms with van der Waals surface area (Å²) in [7, 11) is 0. The van der Waals surface area contributed by atoms with Crippen molar-refractivity contribution in [2.45, 2.75) is 180 Å². The molecule has 276 valence electrons. The van der Waals surface area contributed by atoms with Gasteiger partial charge in [-0.2, -0.15) is 0 Å². The number of aliphatic hydroxyl groups excluding tert-OH is 1. The van der Waals surface area contributed by atoms with Crippen molar-refractivity contribution < 1.29 is 19.4 Å². The Balaban J connectivity index is 3.52. The lowest BCUT2D eigenvalue weighted by Crippen LogP contribution is -2.27. The van der Waals surface area contributed by atoms with E-state index in [-0.39, 0.29) is 19.2 Å². The average molecular weight is 669 g/mol. The van der Waals surface area contributed by atoms with E-state index in [1.54, 1.807) is 0 Å². The number of carbonyl (C=O) groups is 1. The summed E-state index contributed by atoms with van der Waals surface area (Å²) in [5.74, 6) is -0.228. The predicted molar refractivity (Wildman–Crippen MR) is 209 cm³/mol. The predicted octanol–water partition coefficient (Wildman–Crippen LogP) is 13.0. The summed E-state index contributed by atoms with van der Waals surface area (Å²) >= 11 is 0. The molecule has 0 heterocycles. The van der Waals surface area contributed by atoms with Crippen molar-refractivity contribution in [2.24, 2.45) is 0 Å². The van der Waals surface area contributed by atoms with Gasteiger partial charge >= 0.3 is 5.97 Å². The van der Waals surface area contributed by atoms with Crippen LogP contribution in [0.1, 0.15) is 174 Å². The molecule has 1 atom stereocenters. The van der Waals surface area contributed by atoms with E-state index in [1.807, 2.05) is 0 Å². The van der Waals surface area contributed by atoms with Gasteiger partial charge in [-0.3, -0.25) is 4.79 Å². The molecule has 4 nitrogen and oxygen atoms in total. The minimum absolute atomic E-state index is 0.188. The van der Waals surface area contributed by atoms with E-state index in [0.717, 1.165) is 70.6 Å². The van der Waals surface area contributed by atoms with Gasteiger partial charge in [0.15, 0.2) is 0 Å². The lowest BCUT2D eigenvalue weighted by molar-refractivity contribution is -0.154. The molecule has 4 heteroatoms. The quantitative estimate of drug-likeness (QED) is 0.0410. The number of ether oxygens (including phenoxy) is 2. The maximum atomic E-state index is 12.2. The Kier molecular flexibility index (Phi) is 39.1. The van der Waals surface area contributed by atoms with Gasteiger partial charge in [-0.1, -0.05) is 157 Å². The number of unbranched alkanes of at least 4 members (excludes halogenated alkanes) is 16. The molecule has 0 aliphatic heterocycles. The molecule has 0 saturated carbocycles. The van der Waals surface area contributed by atoms with E-state index in [0.29, 0.717) is 13.0 Å². The molecule has 0 radical (unpaired) electrons. The zero-order chi connectivity index (χ0) is 34.9. The van der Waals surface area contributed by atoms with E-state index in [4.69, 9.17) is 9.47 Å². The second kappa shape index (κ2) is 41.0. The van der Waals surface area contributed by atoms with Crippen LogP contribution in [0.5, 0.6) is 0 Å². The molecular weight excluding hydrogens is 592 g/mol. The van der Waals surface area contributed by atoms with Crippen molar-refractivity contribution in [1.82, 2.24) is 0 Å². The average Bonchev–Trinajstić information content (AvgIpc) is 3.09. The highest BCUT2D eigenvalue weighted by molar-refractivity contribution is 5.69. The fourth-order valence-electron chi connectivity index (χ4n) is 5.29. The molecule has 0 bridgehead atoms. The second-order valence-corrected chi connectivity index (χ2v) is 13.0. The van der Waals surface area contributed by atoms with Gasteiger partial charge in [-0.05, 0) is 83.5 Å². The highest BCUT2D eigenvalue weighted by atomic mass is 16.6. The topological polar surface area (TPSA) is 55.8 Å². The van der Waals surface area contributed by atoms with Crippen molar-refractivity contribution in [3.05, 3.63) is 72.9 Å². The molecule has 0 aliphatic carbocycles. The van der Waals surface area contributed by atoms with Crippen LogP contribution in [0.2, 0.25) is 0 Å². The zero-order valence-corrected chi connectivity index (χ0v) is 31.5. The summed E-state index contributed by atoms with van der Waals surface area (Å²) in [5, 5.41) is 9.58. The first-order chi connectivity index (χ1) is 23.7. The zero-order valence-electron chi connectivity index (χ0n) is 31.5. The minimum Gasteiger partial charge on any atom is -0.457 e. The molecular formula is C44H76O4. The molecule has 0 spiro atoms. The Morgan fingerprint density at radius 2 is 0.938 bits per heavy atom. The molecule has 1 unspecified atom stereocenters. The third-order valence-electron chi connectivity index (χ3n) is 8.27. The Bertz CT molecular complexity index is 835. The van der Waals surface area contributed by atoms with Gasteiger partial charge in [-0.25, -0.2) is 0 Å². The molecule has 0 rings (SSSR count). The monoisotopic (exact) mass is 669 g/mol. The number of esters is 1. The first-order valence-electron chi connectivity index (χ1n) is 20.0. The lowest BCUT2D eigenvalue weighted by atomic mass is 10.1. The van der Waals surface area contributed by atoms with Crippen LogP contribution in [0, 0.1) is 0 Å². The Hall–Kier alpha value is -2.17. The fourth-order valence-corrected chi connectivity index (χ4v) is 5.29. The normalized spacial score (nSPS) is 13.1. The number of allylic oxidation sites excluding steroid dienone is 12. The summed E-state index contributed by atoms with van der Waals surface area (Å²) in [6.45, 7) is 5.17. The van der Waals surface area contributed by atoms with Crippen LogP contribution in [0.4, 0.5) is 0 Å². The van der Waals surface area contributed by atoms with Crippen molar-refractivity contribution in [3.63, 3.8) is 0 Å². The Morgan fingerprint density at radius 1 is 0.521 bits per heavy atom. The molecule has 0 aromatic heterocycles. The third kappa shape index (κ3) is 38.3. The molecule has 0 aromatic carbocycles. The van der Waals surface area contributed by atoms with Crippen LogP contribution in [-0.4, -0.2) is 37.0 Å². The molecule has 0 aliphatic rings. The van der Waals surface area contributed by atoms with Gasteiger partial charge in [0, 0.05) is 13.0 Å². The molecule has 48 heavy (non-hydrogen) atoms. The Labute approximate surface area is 297 Å². The first kappa shape index (κ1) is 45.8. The van der Waals surface area contributed by atoms with Crippen molar-refractivity contribution in [1.29, 1.82) is 0 Å². The fraction of sp³-hybridized carbons (Fsp3) is 0.705. The maximum Gasteiger partial charge on any atom is 0.306 e. The smallest absolute Gasteiger partial charge is 0.306 e. The van der Waals surface area contributed by atoms with Gasteiger partial charge in [0.25, 0.3) is 0 Å². The van der Waals surface area contributed by atoms with Gasteiger partial charge < -0.3 is 14.6 Å². The number of rotatable bonds is 36. The largest absolute Gasteiger partial charge is 0.457 e. The van der Waals surface area contributed by atoms with Gasteiger partial charge in [0.05, 0.1) is 13.2 Å². The summed E-state index contributed by atoms with van der Waals surface area (Å²) in [6, 6.07) is 0. The van der Waals surface area contributed by atoms with Crippen LogP contribution >= 0.6 is 0 Å². The number of carbonyl (C=O) groups excluding carboxylic acids is 1. The van der Waals surface area contributed by atoms with Crippen LogP contribution in [0.25, 0.3) is 0 Å². The van der Waals surface area contributed by atoms with E-state index in [9.17, 15) is 9.90 Å². The van der Waals surface area contributed by atoms with E-state index < -0.39 is 6.10 Å². The third-order valence-corrected chi connectivity index (χ3v) is 8.27. The van der Waals surface area contributed by atoms with E-state index >= 15 is 0 Å². The molecule has 0 amide bonds. The lowest BCUT2D eigenvalue weighted by Gasteiger charge is -2.15. The molecule has 0 aromatic rings. The SMILES string of the molecule is CC/C=C\C/C=C\C/C=C\C/C=C\CCCCCCC(=O)OC(CO)COCCCCCCCCCC/C=C\C/C=C\CCCCCC. The van der Waals surface area contributed by atoms with Crippen molar-refractivity contribution >= 4 is 5.97 Å². The van der Waals surface area contributed by atoms with Gasteiger partial charge in [-0.15, -0.1) is 0 Å². The van der Waals surface area contributed by atoms with E-state index in [1.165, 1.54) is 83.5 Å². The van der Waals surface area contributed by atoms with Crippen LogP contribution in [0.15, 0.2) is 72.9 Å². The Morgan fingerprint density at radius 3 is 1.42 bits per heavy atom. The maximum absolute atomic E-state index is 12.2. The number of hydrogen-bond acceptors (Lipinski definition) is 4. The molecule has 0 fully saturated rings. The van der Waals surface area contributed by atoms with Gasteiger partial charge in [0.2, 0.25) is 0 Å². The van der Waals surface area contributed by atoms with Crippen LogP contribution in [0.3, 0.4) is 0 Å². The molecule has 1 N–H and O–H groups in total. The summed E-state index contributed by atoms with van der Waals surface area (Å²) in [6.07, 6.45) is 55.2. The summed E-state index contributed by atoms with van der Waals surface area (Å²) < 4.78 is 11.1. The van der Waals surface area contributed by atoms with Crippen molar-refractivity contribution in [3.8, 4) is 0 Å². The first-order valence-corrected chi connectivity index (χ1v) is 20.0. The summed E-state index contributed by atoms with van der Waals surface area (Å²) in [5.41, 5.74) is 0. The molecule has 0 saturated heterocycles. The van der Waals surface area contributed by atoms with Crippen LogP contribution < -0.4 is 0 Å². The number of hydrogen-bond donors (Lipinski definition) is 1.